The summed E-state index contributed by atoms with van der Waals surface area (Å²) in [5.41, 5.74) is 9.06. The maximum atomic E-state index is 13.8. The third kappa shape index (κ3) is 3.73. The first-order valence-electron chi connectivity index (χ1n) is 11.9. The Morgan fingerprint density at radius 3 is 2.97 bits per heavy atom. The average Bonchev–Trinajstić information content (AvgIpc) is 3.63. The van der Waals surface area contributed by atoms with Crippen LogP contribution in [-0.4, -0.2) is 47.9 Å². The lowest BCUT2D eigenvalue weighted by atomic mass is 9.91. The van der Waals surface area contributed by atoms with Gasteiger partial charge in [-0.05, 0) is 52.8 Å². The molecule has 2 amide bonds. The van der Waals surface area contributed by atoms with E-state index in [0.29, 0.717) is 31.5 Å². The second-order valence-corrected chi connectivity index (χ2v) is 9.18. The first kappa shape index (κ1) is 21.4. The highest BCUT2D eigenvalue weighted by Gasteiger charge is 2.39. The number of likely N-dealkylation sites (N-methyl/N-ethyl adjacent to an activating group) is 1. The van der Waals surface area contributed by atoms with Crippen molar-refractivity contribution in [2.75, 3.05) is 25.5 Å². The number of benzene rings is 2. The Hall–Kier alpha value is -4.13. The first-order chi connectivity index (χ1) is 17.1. The van der Waals surface area contributed by atoms with Crippen LogP contribution in [0.3, 0.4) is 0 Å². The number of fused-ring (bicyclic) bond motifs is 3. The number of aromatic nitrogens is 1. The minimum atomic E-state index is -0.520. The Morgan fingerprint density at radius 2 is 2.09 bits per heavy atom. The van der Waals surface area contributed by atoms with Gasteiger partial charge in [-0.3, -0.25) is 9.59 Å². The van der Waals surface area contributed by atoms with Gasteiger partial charge in [-0.2, -0.15) is 0 Å². The molecule has 7 heteroatoms. The van der Waals surface area contributed by atoms with Crippen molar-refractivity contribution in [3.63, 3.8) is 0 Å². The number of nitrogens with one attached hydrogen (secondary N) is 2. The van der Waals surface area contributed by atoms with Crippen molar-refractivity contribution in [1.82, 2.24) is 15.2 Å². The number of allylic oxidation sites excluding steroid dienone is 1. The number of amides is 2. The Kier molecular flexibility index (Phi) is 5.25. The number of rotatable bonds is 5. The number of nitrogens with zero attached hydrogens (tertiary/aromatic N) is 2. The van der Waals surface area contributed by atoms with E-state index in [-0.39, 0.29) is 11.8 Å². The molecule has 1 atom stereocenters. The highest BCUT2D eigenvalue weighted by atomic mass is 16.3. The van der Waals surface area contributed by atoms with Crippen molar-refractivity contribution >= 4 is 34.2 Å². The topological polar surface area (TPSA) is 87.5 Å². The Bertz CT molecular complexity index is 1450. The average molecular weight is 467 g/mol. The van der Waals surface area contributed by atoms with Crippen molar-refractivity contribution in [2.45, 2.75) is 25.3 Å². The van der Waals surface area contributed by atoms with Crippen LogP contribution in [0.2, 0.25) is 0 Å². The van der Waals surface area contributed by atoms with Crippen molar-refractivity contribution in [3.8, 4) is 0 Å². The molecule has 2 aromatic carbocycles. The minimum absolute atomic E-state index is 0.0615. The lowest BCUT2D eigenvalue weighted by molar-refractivity contribution is -0.137. The van der Waals surface area contributed by atoms with Crippen LogP contribution in [0.5, 0.6) is 0 Å². The molecule has 0 fully saturated rings. The molecular weight excluding hydrogens is 440 g/mol. The van der Waals surface area contributed by atoms with Crippen LogP contribution in [-0.2, 0) is 16.0 Å². The summed E-state index contributed by atoms with van der Waals surface area (Å²) in [6.07, 6.45) is 7.40. The van der Waals surface area contributed by atoms with E-state index in [9.17, 15) is 9.59 Å². The van der Waals surface area contributed by atoms with Gasteiger partial charge in [0.05, 0.1) is 0 Å². The first-order valence-corrected chi connectivity index (χ1v) is 11.9. The highest BCUT2D eigenvalue weighted by Crippen LogP contribution is 2.41. The van der Waals surface area contributed by atoms with Crippen LogP contribution < -0.4 is 10.6 Å². The van der Waals surface area contributed by atoms with Crippen molar-refractivity contribution in [2.24, 2.45) is 0 Å². The molecule has 0 saturated carbocycles. The Morgan fingerprint density at radius 1 is 1.20 bits per heavy atom. The van der Waals surface area contributed by atoms with E-state index in [4.69, 9.17) is 4.42 Å². The second-order valence-electron chi connectivity index (χ2n) is 9.18. The molecule has 0 saturated heterocycles. The monoisotopic (exact) mass is 466 g/mol. The molecule has 1 aliphatic heterocycles. The number of carbonyl (C=O) groups is 2. The van der Waals surface area contributed by atoms with Crippen molar-refractivity contribution < 1.29 is 14.0 Å². The van der Waals surface area contributed by atoms with Gasteiger partial charge in [-0.25, -0.2) is 4.98 Å². The molecule has 1 aromatic heterocycles. The van der Waals surface area contributed by atoms with E-state index in [1.54, 1.807) is 11.9 Å². The number of hydrogen-bond donors (Lipinski definition) is 2. The molecular formula is C28H26N4O3. The van der Waals surface area contributed by atoms with E-state index in [1.807, 2.05) is 42.5 Å². The maximum Gasteiger partial charge on any atom is 0.251 e. The highest BCUT2D eigenvalue weighted by molar-refractivity contribution is 6.00. The standard InChI is InChI=1S/C28H26N4O3/c1-29-27(33)25-13-23-19(11-17-5-2-3-7-21(17)23)15-32(25)28(34)22-8-4-6-18(22)14-30-20-9-10-24-26(12-20)35-16-31-24/h2-7,9-10,12,16,25,30H,8,11,13-15H2,1H3,(H,29,33)/t25-/m1/s1. The molecule has 0 radical (unpaired) electrons. The zero-order valence-corrected chi connectivity index (χ0v) is 19.5. The van der Waals surface area contributed by atoms with Gasteiger partial charge < -0.3 is 20.0 Å². The van der Waals surface area contributed by atoms with Crippen LogP contribution in [0.4, 0.5) is 5.69 Å². The van der Waals surface area contributed by atoms with Crippen LogP contribution in [0.15, 0.2) is 82.1 Å². The van der Waals surface area contributed by atoms with Crippen molar-refractivity contribution in [3.05, 3.63) is 88.9 Å². The van der Waals surface area contributed by atoms with Gasteiger partial charge in [0.25, 0.3) is 5.91 Å². The SMILES string of the molecule is CNC(=O)[C@H]1CC2=C(Cc3ccccc32)CN1C(=O)C1=C(CNc2ccc3ncoc3c2)C=CC1. The molecule has 3 aromatic rings. The number of hydrogen-bond acceptors (Lipinski definition) is 5. The Labute approximate surface area is 203 Å². The summed E-state index contributed by atoms with van der Waals surface area (Å²) in [4.78, 5) is 32.6. The van der Waals surface area contributed by atoms with E-state index in [2.05, 4.69) is 27.8 Å². The quantitative estimate of drug-likeness (QED) is 0.596. The lowest BCUT2D eigenvalue weighted by Crippen LogP contribution is -2.52. The van der Waals surface area contributed by atoms with Gasteiger partial charge >= 0.3 is 0 Å². The van der Waals surface area contributed by atoms with Crippen molar-refractivity contribution in [1.29, 1.82) is 0 Å². The molecule has 7 nitrogen and oxygen atoms in total. The largest absolute Gasteiger partial charge is 0.443 e. The summed E-state index contributed by atoms with van der Waals surface area (Å²) in [5, 5.41) is 6.16. The summed E-state index contributed by atoms with van der Waals surface area (Å²) < 4.78 is 5.39. The molecule has 3 aliphatic rings. The fourth-order valence-corrected chi connectivity index (χ4v) is 5.41. The van der Waals surface area contributed by atoms with E-state index >= 15 is 0 Å². The number of carbonyl (C=O) groups excluding carboxylic acids is 2. The zero-order valence-electron chi connectivity index (χ0n) is 19.5. The summed E-state index contributed by atoms with van der Waals surface area (Å²) in [6, 6.07) is 13.6. The lowest BCUT2D eigenvalue weighted by Gasteiger charge is -2.36. The van der Waals surface area contributed by atoms with Crippen LogP contribution in [0.1, 0.15) is 24.0 Å². The van der Waals surface area contributed by atoms with Crippen LogP contribution >= 0.6 is 0 Å². The minimum Gasteiger partial charge on any atom is -0.443 e. The fourth-order valence-electron chi connectivity index (χ4n) is 5.41. The normalized spacial score (nSPS) is 18.8. The smallest absolute Gasteiger partial charge is 0.251 e. The van der Waals surface area contributed by atoms with E-state index < -0.39 is 6.04 Å². The zero-order chi connectivity index (χ0) is 23.9. The molecule has 176 valence electrons. The summed E-state index contributed by atoms with van der Waals surface area (Å²) in [6.45, 7) is 0.988. The molecule has 0 bridgehead atoms. The molecule has 2 heterocycles. The molecule has 2 N–H and O–H groups in total. The Balaban J connectivity index is 1.25. The third-order valence-electron chi connectivity index (χ3n) is 7.22. The van der Waals surface area contributed by atoms with Crippen LogP contribution in [0.25, 0.3) is 16.7 Å². The van der Waals surface area contributed by atoms with Gasteiger partial charge in [0.15, 0.2) is 12.0 Å². The van der Waals surface area contributed by atoms with E-state index in [1.165, 1.54) is 28.7 Å². The van der Waals surface area contributed by atoms with Gasteiger partial charge in [0.2, 0.25) is 5.91 Å². The molecule has 0 unspecified atom stereocenters. The summed E-state index contributed by atoms with van der Waals surface area (Å²) >= 11 is 0. The summed E-state index contributed by atoms with van der Waals surface area (Å²) in [5.74, 6) is -0.186. The van der Waals surface area contributed by atoms with Crippen LogP contribution in [0, 0.1) is 0 Å². The van der Waals surface area contributed by atoms with Gasteiger partial charge in [-0.1, -0.05) is 36.4 Å². The molecule has 2 aliphatic carbocycles. The second kappa shape index (κ2) is 8.58. The maximum absolute atomic E-state index is 13.8. The molecule has 35 heavy (non-hydrogen) atoms. The van der Waals surface area contributed by atoms with E-state index in [0.717, 1.165) is 28.8 Å². The molecule has 0 spiro atoms. The van der Waals surface area contributed by atoms with Gasteiger partial charge in [0, 0.05) is 43.9 Å². The fraction of sp³-hybridized carbons (Fsp3) is 0.250. The predicted molar refractivity (Wildman–Crippen MR) is 135 cm³/mol. The number of anilines is 1. The molecule has 6 rings (SSSR count). The van der Waals surface area contributed by atoms with Gasteiger partial charge in [-0.15, -0.1) is 0 Å². The predicted octanol–water partition coefficient (Wildman–Crippen LogP) is 3.85. The number of oxazole rings is 1. The third-order valence-corrected chi connectivity index (χ3v) is 7.22. The summed E-state index contributed by atoms with van der Waals surface area (Å²) in [7, 11) is 1.63. The van der Waals surface area contributed by atoms with Gasteiger partial charge in [0.1, 0.15) is 11.6 Å².